The van der Waals surface area contributed by atoms with Crippen molar-refractivity contribution >= 4 is 50.7 Å². The first kappa shape index (κ1) is 31.1. The summed E-state index contributed by atoms with van der Waals surface area (Å²) in [5.41, 5.74) is 1.72. The van der Waals surface area contributed by atoms with Crippen LogP contribution in [0.2, 0.25) is 10.0 Å². The number of carbonyl (C=O) groups excluding carboxylic acids is 2. The Kier molecular flexibility index (Phi) is 10.3. The lowest BCUT2D eigenvalue weighted by Gasteiger charge is -2.32. The number of hydrogen-bond donors (Lipinski definition) is 1. The maximum absolute atomic E-state index is 14.0. The number of likely N-dealkylation sites (N-methyl/N-ethyl adjacent to an activating group) is 1. The van der Waals surface area contributed by atoms with Crippen LogP contribution in [0.5, 0.6) is 11.5 Å². The molecule has 0 aliphatic carbocycles. The van der Waals surface area contributed by atoms with Gasteiger partial charge in [0.2, 0.25) is 11.8 Å². The Morgan fingerprint density at radius 1 is 0.950 bits per heavy atom. The van der Waals surface area contributed by atoms with E-state index in [2.05, 4.69) is 5.32 Å². The SMILES string of the molecule is CNC(=O)[C@@H](C)N(Cc1ccc(Cl)cc1Cl)C(=O)CN(c1ccc(C)cc1)S(=O)(=O)c1ccc(OC)c(OC)c1. The molecule has 0 unspecified atom stereocenters. The van der Waals surface area contributed by atoms with Crippen molar-refractivity contribution in [2.45, 2.75) is 31.3 Å². The summed E-state index contributed by atoms with van der Waals surface area (Å²) in [5, 5.41) is 3.26. The number of rotatable bonds is 11. The van der Waals surface area contributed by atoms with E-state index in [1.54, 1.807) is 43.3 Å². The van der Waals surface area contributed by atoms with E-state index in [0.29, 0.717) is 21.4 Å². The molecule has 1 N–H and O–H groups in total. The number of methoxy groups -OCH3 is 2. The highest BCUT2D eigenvalue weighted by atomic mass is 35.5. The summed E-state index contributed by atoms with van der Waals surface area (Å²) in [6.07, 6.45) is 0. The van der Waals surface area contributed by atoms with E-state index in [1.165, 1.54) is 50.4 Å². The summed E-state index contributed by atoms with van der Waals surface area (Å²) in [6.45, 7) is 2.78. The Hall–Kier alpha value is -3.47. The molecule has 1 atom stereocenters. The highest BCUT2D eigenvalue weighted by Crippen LogP contribution is 2.32. The third-order valence-corrected chi connectivity index (χ3v) is 8.67. The third-order valence-electron chi connectivity index (χ3n) is 6.31. The summed E-state index contributed by atoms with van der Waals surface area (Å²) >= 11 is 12.4. The number of ether oxygens (including phenoxy) is 2. The molecule has 0 saturated carbocycles. The molecule has 12 heteroatoms. The van der Waals surface area contributed by atoms with Gasteiger partial charge in [-0.1, -0.05) is 47.0 Å². The smallest absolute Gasteiger partial charge is 0.264 e. The number of nitrogens with zero attached hydrogens (tertiary/aromatic N) is 2. The molecule has 2 amide bonds. The van der Waals surface area contributed by atoms with Gasteiger partial charge in [-0.2, -0.15) is 0 Å². The zero-order chi connectivity index (χ0) is 29.6. The molecule has 0 radical (unpaired) electrons. The number of nitrogens with one attached hydrogen (secondary N) is 1. The van der Waals surface area contributed by atoms with E-state index in [1.807, 2.05) is 6.92 Å². The molecule has 214 valence electrons. The molecule has 0 bridgehead atoms. The molecule has 3 rings (SSSR count). The number of sulfonamides is 1. The largest absolute Gasteiger partial charge is 0.493 e. The van der Waals surface area contributed by atoms with Crippen molar-refractivity contribution in [1.29, 1.82) is 0 Å². The van der Waals surface area contributed by atoms with Gasteiger partial charge in [-0.3, -0.25) is 13.9 Å². The summed E-state index contributed by atoms with van der Waals surface area (Å²) in [4.78, 5) is 27.6. The van der Waals surface area contributed by atoms with Crippen molar-refractivity contribution in [3.8, 4) is 11.5 Å². The average molecular weight is 609 g/mol. The number of hydrogen-bond acceptors (Lipinski definition) is 6. The van der Waals surface area contributed by atoms with Gasteiger partial charge >= 0.3 is 0 Å². The standard InChI is InChI=1S/C28H31Cl2N3O6S/c1-18-6-10-22(11-7-18)33(40(36,37)23-12-13-25(38-4)26(15-23)39-5)17-27(34)32(19(2)28(35)31-3)16-20-8-9-21(29)14-24(20)30/h6-15,19H,16-17H2,1-5H3,(H,31,35)/t19-/m1/s1. The Bertz CT molecular complexity index is 1480. The molecular formula is C28H31Cl2N3O6S. The first-order valence-corrected chi connectivity index (χ1v) is 14.4. The number of anilines is 1. The summed E-state index contributed by atoms with van der Waals surface area (Å²) in [6, 6.07) is 14.8. The van der Waals surface area contributed by atoms with Gasteiger partial charge in [0.15, 0.2) is 11.5 Å². The fourth-order valence-electron chi connectivity index (χ4n) is 3.97. The molecule has 0 aliphatic heterocycles. The van der Waals surface area contributed by atoms with Crippen LogP contribution in [0.4, 0.5) is 5.69 Å². The lowest BCUT2D eigenvalue weighted by Crippen LogP contribution is -2.50. The van der Waals surface area contributed by atoms with Crippen molar-refractivity contribution in [2.75, 3.05) is 32.1 Å². The Labute approximate surface area is 244 Å². The lowest BCUT2D eigenvalue weighted by molar-refractivity contribution is -0.139. The Morgan fingerprint density at radius 2 is 1.60 bits per heavy atom. The van der Waals surface area contributed by atoms with Crippen LogP contribution in [0, 0.1) is 6.92 Å². The van der Waals surface area contributed by atoms with Crippen molar-refractivity contribution in [3.63, 3.8) is 0 Å². The van der Waals surface area contributed by atoms with Crippen LogP contribution in [-0.4, -0.2) is 59.0 Å². The van der Waals surface area contributed by atoms with Crippen molar-refractivity contribution < 1.29 is 27.5 Å². The summed E-state index contributed by atoms with van der Waals surface area (Å²) in [5.74, 6) is -0.481. The number of aryl methyl sites for hydroxylation is 1. The second-order valence-electron chi connectivity index (χ2n) is 8.91. The number of amides is 2. The zero-order valence-electron chi connectivity index (χ0n) is 22.8. The molecule has 40 heavy (non-hydrogen) atoms. The van der Waals surface area contributed by atoms with E-state index >= 15 is 0 Å². The highest BCUT2D eigenvalue weighted by molar-refractivity contribution is 7.92. The van der Waals surface area contributed by atoms with Gasteiger partial charge in [0.05, 0.1) is 24.8 Å². The fraction of sp³-hybridized carbons (Fsp3) is 0.286. The Morgan fingerprint density at radius 3 is 2.17 bits per heavy atom. The maximum Gasteiger partial charge on any atom is 0.264 e. The minimum absolute atomic E-state index is 0.0540. The van der Waals surface area contributed by atoms with Crippen LogP contribution >= 0.6 is 23.2 Å². The molecule has 9 nitrogen and oxygen atoms in total. The van der Waals surface area contributed by atoms with E-state index in [-0.39, 0.29) is 22.9 Å². The van der Waals surface area contributed by atoms with Gasteiger partial charge in [-0.25, -0.2) is 8.42 Å². The minimum Gasteiger partial charge on any atom is -0.493 e. The molecule has 3 aromatic carbocycles. The lowest BCUT2D eigenvalue weighted by atomic mass is 10.1. The van der Waals surface area contributed by atoms with Crippen LogP contribution in [0.1, 0.15) is 18.1 Å². The Balaban J connectivity index is 2.08. The van der Waals surface area contributed by atoms with Gasteiger partial charge in [0, 0.05) is 29.7 Å². The van der Waals surface area contributed by atoms with Crippen molar-refractivity contribution in [1.82, 2.24) is 10.2 Å². The minimum atomic E-state index is -4.29. The number of halogens is 2. The summed E-state index contributed by atoms with van der Waals surface area (Å²) < 4.78 is 39.5. The second-order valence-corrected chi connectivity index (χ2v) is 11.6. The zero-order valence-corrected chi connectivity index (χ0v) is 25.1. The van der Waals surface area contributed by atoms with Gasteiger partial charge < -0.3 is 19.7 Å². The highest BCUT2D eigenvalue weighted by Gasteiger charge is 2.33. The van der Waals surface area contributed by atoms with E-state index in [4.69, 9.17) is 32.7 Å². The first-order chi connectivity index (χ1) is 18.9. The van der Waals surface area contributed by atoms with Crippen LogP contribution in [0.3, 0.4) is 0 Å². The van der Waals surface area contributed by atoms with Crippen LogP contribution in [-0.2, 0) is 26.2 Å². The maximum atomic E-state index is 14.0. The van der Waals surface area contributed by atoms with Crippen molar-refractivity contribution in [3.05, 3.63) is 81.8 Å². The van der Waals surface area contributed by atoms with Gasteiger partial charge in [0.25, 0.3) is 10.0 Å². The average Bonchev–Trinajstić information content (AvgIpc) is 2.94. The molecule has 3 aromatic rings. The fourth-order valence-corrected chi connectivity index (χ4v) is 5.87. The molecule has 0 spiro atoms. The van der Waals surface area contributed by atoms with Gasteiger partial charge in [0.1, 0.15) is 12.6 Å². The molecule has 0 saturated heterocycles. The second kappa shape index (κ2) is 13.3. The van der Waals surface area contributed by atoms with E-state index in [0.717, 1.165) is 9.87 Å². The van der Waals surface area contributed by atoms with Crippen LogP contribution in [0.25, 0.3) is 0 Å². The number of carbonyl (C=O) groups is 2. The monoisotopic (exact) mass is 607 g/mol. The third kappa shape index (κ3) is 6.99. The molecular weight excluding hydrogens is 577 g/mol. The number of benzene rings is 3. The topological polar surface area (TPSA) is 105 Å². The first-order valence-electron chi connectivity index (χ1n) is 12.2. The predicted octanol–water partition coefficient (Wildman–Crippen LogP) is 4.68. The van der Waals surface area contributed by atoms with E-state index < -0.39 is 34.4 Å². The molecule has 0 aromatic heterocycles. The van der Waals surface area contributed by atoms with Crippen LogP contribution < -0.4 is 19.1 Å². The predicted molar refractivity (Wildman–Crippen MR) is 156 cm³/mol. The molecule has 0 aliphatic rings. The molecule has 0 heterocycles. The van der Waals surface area contributed by atoms with Crippen molar-refractivity contribution in [2.24, 2.45) is 0 Å². The van der Waals surface area contributed by atoms with Gasteiger partial charge in [-0.05, 0) is 55.8 Å². The van der Waals surface area contributed by atoms with E-state index in [9.17, 15) is 18.0 Å². The van der Waals surface area contributed by atoms with Gasteiger partial charge in [-0.15, -0.1) is 0 Å². The summed E-state index contributed by atoms with van der Waals surface area (Å²) in [7, 11) is 0.0114. The quantitative estimate of drug-likeness (QED) is 0.339. The van der Waals surface area contributed by atoms with Crippen LogP contribution in [0.15, 0.2) is 65.6 Å². The molecule has 0 fully saturated rings. The normalized spacial score (nSPS) is 11.9.